The van der Waals surface area contributed by atoms with E-state index in [9.17, 15) is 9.90 Å². The van der Waals surface area contributed by atoms with Gasteiger partial charge in [-0.1, -0.05) is 25.3 Å². The van der Waals surface area contributed by atoms with E-state index in [4.69, 9.17) is 11.6 Å². The summed E-state index contributed by atoms with van der Waals surface area (Å²) in [5.74, 6) is 0.180. The van der Waals surface area contributed by atoms with Crippen LogP contribution in [0.2, 0.25) is 0 Å². The fourth-order valence-electron chi connectivity index (χ4n) is 2.87. The van der Waals surface area contributed by atoms with Crippen LogP contribution in [0.5, 0.6) is 0 Å². The van der Waals surface area contributed by atoms with Crippen molar-refractivity contribution in [1.29, 1.82) is 0 Å². The molecular formula is C17H25ClN2O2. The zero-order chi connectivity index (χ0) is 15.9. The number of hydrogen-bond acceptors (Lipinski definition) is 3. The molecule has 3 N–H and O–H groups in total. The molecule has 5 heteroatoms. The van der Waals surface area contributed by atoms with Crippen molar-refractivity contribution in [2.24, 2.45) is 0 Å². The molecule has 122 valence electrons. The summed E-state index contributed by atoms with van der Waals surface area (Å²) in [5, 5.41) is 15.8. The van der Waals surface area contributed by atoms with Crippen LogP contribution in [0.15, 0.2) is 18.2 Å². The Labute approximate surface area is 137 Å². The first kappa shape index (κ1) is 17.1. The molecule has 1 aliphatic rings. The number of rotatable bonds is 6. The molecule has 1 aromatic carbocycles. The third-order valence-corrected chi connectivity index (χ3v) is 4.58. The van der Waals surface area contributed by atoms with Crippen molar-refractivity contribution in [3.8, 4) is 0 Å². The zero-order valence-electron chi connectivity index (χ0n) is 13.1. The van der Waals surface area contributed by atoms with Crippen LogP contribution in [0.25, 0.3) is 0 Å². The minimum atomic E-state index is -0.596. The Kier molecular flexibility index (Phi) is 6.52. The summed E-state index contributed by atoms with van der Waals surface area (Å²) in [4.78, 5) is 12.5. The van der Waals surface area contributed by atoms with Gasteiger partial charge in [0.1, 0.15) is 0 Å². The van der Waals surface area contributed by atoms with Crippen molar-refractivity contribution in [1.82, 2.24) is 5.32 Å². The molecule has 1 saturated carbocycles. The van der Waals surface area contributed by atoms with Crippen LogP contribution in [-0.4, -0.2) is 35.6 Å². The van der Waals surface area contributed by atoms with Crippen LogP contribution in [-0.2, 0) is 0 Å². The number of aliphatic hydroxyl groups is 1. The Balaban J connectivity index is 2.02. The van der Waals surface area contributed by atoms with Gasteiger partial charge in [0, 0.05) is 23.8 Å². The van der Waals surface area contributed by atoms with E-state index in [1.165, 1.54) is 19.3 Å². The minimum absolute atomic E-state index is 0.00839. The van der Waals surface area contributed by atoms with Crippen molar-refractivity contribution < 1.29 is 9.90 Å². The number of nitrogens with one attached hydrogen (secondary N) is 2. The number of benzene rings is 1. The summed E-state index contributed by atoms with van der Waals surface area (Å²) in [6, 6.07) is 5.91. The number of carbonyl (C=O) groups is 1. The quantitative estimate of drug-likeness (QED) is 0.705. The summed E-state index contributed by atoms with van der Waals surface area (Å²) in [6.07, 6.45) is 5.22. The fourth-order valence-corrected chi connectivity index (χ4v) is 2.97. The molecule has 4 nitrogen and oxygen atoms in total. The van der Waals surface area contributed by atoms with Crippen LogP contribution in [0.1, 0.15) is 48.0 Å². The first-order valence-corrected chi connectivity index (χ1v) is 8.53. The summed E-state index contributed by atoms with van der Waals surface area (Å²) in [6.45, 7) is 2.29. The second kappa shape index (κ2) is 8.39. The molecule has 1 aromatic rings. The highest BCUT2D eigenvalue weighted by atomic mass is 35.5. The van der Waals surface area contributed by atoms with E-state index in [-0.39, 0.29) is 11.8 Å². The lowest BCUT2D eigenvalue weighted by atomic mass is 9.95. The van der Waals surface area contributed by atoms with Gasteiger partial charge < -0.3 is 15.7 Å². The molecule has 0 aliphatic heterocycles. The smallest absolute Gasteiger partial charge is 0.251 e. The van der Waals surface area contributed by atoms with Gasteiger partial charge in [0.05, 0.1) is 12.0 Å². The maximum absolute atomic E-state index is 12.5. The molecule has 1 fully saturated rings. The molecule has 1 amide bonds. The van der Waals surface area contributed by atoms with Gasteiger partial charge in [0.15, 0.2) is 0 Å². The van der Waals surface area contributed by atoms with Crippen LogP contribution in [0, 0.1) is 6.92 Å². The Morgan fingerprint density at radius 2 is 2.09 bits per heavy atom. The number of aliphatic hydroxyl groups excluding tert-OH is 1. The highest BCUT2D eigenvalue weighted by Crippen LogP contribution is 2.21. The number of amides is 1. The van der Waals surface area contributed by atoms with Gasteiger partial charge >= 0.3 is 0 Å². The Morgan fingerprint density at radius 3 is 2.77 bits per heavy atom. The highest BCUT2D eigenvalue weighted by Gasteiger charge is 2.18. The van der Waals surface area contributed by atoms with E-state index in [2.05, 4.69) is 10.6 Å². The van der Waals surface area contributed by atoms with E-state index in [0.29, 0.717) is 18.2 Å². The molecule has 0 aromatic heterocycles. The standard InChI is InChI=1S/C17H25ClN2O2/c1-12-15(17(22)20-13-6-3-2-4-7-13)8-5-9-16(12)19-11-14(21)10-18/h5,8-9,13-14,19,21H,2-4,6-7,10-11H2,1H3,(H,20,22). The normalized spacial score (nSPS) is 17.0. The second-order valence-electron chi connectivity index (χ2n) is 5.98. The van der Waals surface area contributed by atoms with Gasteiger partial charge in [-0.05, 0) is 37.5 Å². The molecule has 1 atom stereocenters. The van der Waals surface area contributed by atoms with E-state index in [1.807, 2.05) is 25.1 Å². The van der Waals surface area contributed by atoms with Crippen LogP contribution in [0.4, 0.5) is 5.69 Å². The number of anilines is 1. The van der Waals surface area contributed by atoms with Gasteiger partial charge in [0.2, 0.25) is 0 Å². The van der Waals surface area contributed by atoms with Crippen molar-refractivity contribution in [2.75, 3.05) is 17.7 Å². The molecule has 1 unspecified atom stereocenters. The SMILES string of the molecule is Cc1c(NCC(O)CCl)cccc1C(=O)NC1CCCCC1. The van der Waals surface area contributed by atoms with E-state index in [1.54, 1.807) is 0 Å². The maximum atomic E-state index is 12.5. The predicted octanol–water partition coefficient (Wildman–Crippen LogP) is 3.07. The van der Waals surface area contributed by atoms with Gasteiger partial charge in [-0.2, -0.15) is 0 Å². The lowest BCUT2D eigenvalue weighted by molar-refractivity contribution is 0.0927. The number of carbonyl (C=O) groups excluding carboxylic acids is 1. The average Bonchev–Trinajstić information content (AvgIpc) is 2.54. The van der Waals surface area contributed by atoms with Crippen molar-refractivity contribution >= 4 is 23.2 Å². The third kappa shape index (κ3) is 4.62. The Hall–Kier alpha value is -1.26. The van der Waals surface area contributed by atoms with Crippen molar-refractivity contribution in [3.63, 3.8) is 0 Å². The largest absolute Gasteiger partial charge is 0.390 e. The van der Waals surface area contributed by atoms with Crippen LogP contribution in [0.3, 0.4) is 0 Å². The summed E-state index contributed by atoms with van der Waals surface area (Å²) in [7, 11) is 0. The topological polar surface area (TPSA) is 61.4 Å². The zero-order valence-corrected chi connectivity index (χ0v) is 13.8. The maximum Gasteiger partial charge on any atom is 0.251 e. The van der Waals surface area contributed by atoms with E-state index >= 15 is 0 Å². The minimum Gasteiger partial charge on any atom is -0.390 e. The van der Waals surface area contributed by atoms with Gasteiger partial charge in [-0.3, -0.25) is 4.79 Å². The van der Waals surface area contributed by atoms with Gasteiger partial charge in [-0.25, -0.2) is 0 Å². The van der Waals surface area contributed by atoms with Crippen molar-refractivity contribution in [3.05, 3.63) is 29.3 Å². The average molecular weight is 325 g/mol. The fraction of sp³-hybridized carbons (Fsp3) is 0.588. The molecule has 0 heterocycles. The van der Waals surface area contributed by atoms with Crippen LogP contribution >= 0.6 is 11.6 Å². The van der Waals surface area contributed by atoms with E-state index < -0.39 is 6.10 Å². The summed E-state index contributed by atoms with van der Waals surface area (Å²) in [5.41, 5.74) is 2.45. The number of alkyl halides is 1. The predicted molar refractivity (Wildman–Crippen MR) is 90.7 cm³/mol. The second-order valence-corrected chi connectivity index (χ2v) is 6.28. The van der Waals surface area contributed by atoms with Crippen LogP contribution < -0.4 is 10.6 Å². The lowest BCUT2D eigenvalue weighted by Gasteiger charge is -2.23. The highest BCUT2D eigenvalue weighted by molar-refractivity contribution is 6.18. The van der Waals surface area contributed by atoms with E-state index in [0.717, 1.165) is 24.1 Å². The molecule has 0 saturated heterocycles. The Morgan fingerprint density at radius 1 is 1.36 bits per heavy atom. The molecule has 1 aliphatic carbocycles. The molecule has 2 rings (SSSR count). The first-order chi connectivity index (χ1) is 10.6. The molecule has 22 heavy (non-hydrogen) atoms. The first-order valence-electron chi connectivity index (χ1n) is 8.00. The lowest BCUT2D eigenvalue weighted by Crippen LogP contribution is -2.36. The molecule has 0 bridgehead atoms. The van der Waals surface area contributed by atoms with Gasteiger partial charge in [0.25, 0.3) is 5.91 Å². The molecule has 0 spiro atoms. The van der Waals surface area contributed by atoms with Gasteiger partial charge in [-0.15, -0.1) is 11.6 Å². The summed E-state index contributed by atoms with van der Waals surface area (Å²) < 4.78 is 0. The monoisotopic (exact) mass is 324 g/mol. The number of hydrogen-bond donors (Lipinski definition) is 3. The van der Waals surface area contributed by atoms with Crippen molar-refractivity contribution in [2.45, 2.75) is 51.2 Å². The summed E-state index contributed by atoms with van der Waals surface area (Å²) >= 11 is 5.59. The molecular weight excluding hydrogens is 300 g/mol. The molecule has 0 radical (unpaired) electrons. The third-order valence-electron chi connectivity index (χ3n) is 4.23. The Bertz CT molecular complexity index is 501. The number of halogens is 1.